The Hall–Kier alpha value is -4.08. The summed E-state index contributed by atoms with van der Waals surface area (Å²) in [4.78, 5) is 34.8. The molecule has 2 atom stereocenters. The molecule has 30 heavy (non-hydrogen) atoms. The molecule has 156 valence electrons. The molecule has 1 fully saturated rings. The van der Waals surface area contributed by atoms with Gasteiger partial charge in [0.25, 0.3) is 5.69 Å². The van der Waals surface area contributed by atoms with Gasteiger partial charge in [0.2, 0.25) is 0 Å². The van der Waals surface area contributed by atoms with E-state index in [1.807, 2.05) is 6.07 Å². The molecule has 0 bridgehead atoms. The van der Waals surface area contributed by atoms with Crippen LogP contribution in [0.1, 0.15) is 11.6 Å². The Morgan fingerprint density at radius 1 is 1.17 bits per heavy atom. The second kappa shape index (κ2) is 8.95. The fraction of sp³-hybridized carbons (Fsp3) is 0.200. The fourth-order valence-electron chi connectivity index (χ4n) is 3.02. The number of esters is 1. The van der Waals surface area contributed by atoms with E-state index in [4.69, 9.17) is 9.47 Å². The van der Waals surface area contributed by atoms with E-state index in [2.05, 4.69) is 17.2 Å². The van der Waals surface area contributed by atoms with Gasteiger partial charge in [-0.2, -0.15) is 0 Å². The first-order chi connectivity index (χ1) is 14.4. The first-order valence-corrected chi connectivity index (χ1v) is 8.93. The van der Waals surface area contributed by atoms with Crippen LogP contribution in [-0.2, 0) is 9.53 Å². The molecule has 2 aromatic carbocycles. The number of nitro groups is 1. The van der Waals surface area contributed by atoms with E-state index in [9.17, 15) is 24.8 Å². The van der Waals surface area contributed by atoms with Gasteiger partial charge < -0.3 is 25.2 Å². The highest BCUT2D eigenvalue weighted by atomic mass is 16.6. The lowest BCUT2D eigenvalue weighted by atomic mass is 9.88. The monoisotopic (exact) mass is 412 g/mol. The number of hydrogen-bond acceptors (Lipinski definition) is 7. The quantitative estimate of drug-likeness (QED) is 0.305. The summed E-state index contributed by atoms with van der Waals surface area (Å²) in [6.45, 7) is 3.74. The highest BCUT2D eigenvalue weighted by molar-refractivity contribution is 5.85. The Labute approximate surface area is 171 Å². The van der Waals surface area contributed by atoms with Crippen molar-refractivity contribution >= 4 is 17.7 Å². The second-order valence-corrected chi connectivity index (χ2v) is 6.39. The van der Waals surface area contributed by atoms with Crippen molar-refractivity contribution in [1.82, 2.24) is 10.6 Å². The van der Waals surface area contributed by atoms with Gasteiger partial charge in [-0.3, -0.25) is 14.9 Å². The molecule has 10 heteroatoms. The van der Waals surface area contributed by atoms with Gasteiger partial charge in [0, 0.05) is 11.8 Å². The SMILES string of the molecule is C=C1NC(=O)N[C@H](c2ccc([O-])c([N+](=O)[O-])c2)[C@H]1C(=O)OCCOc1ccccc1. The summed E-state index contributed by atoms with van der Waals surface area (Å²) in [5.41, 5.74) is -0.374. The Kier molecular flexibility index (Phi) is 6.16. The molecule has 1 aliphatic rings. The summed E-state index contributed by atoms with van der Waals surface area (Å²) in [6.07, 6.45) is 0. The number of carbonyl (C=O) groups is 2. The van der Waals surface area contributed by atoms with Crippen molar-refractivity contribution < 1.29 is 29.1 Å². The lowest BCUT2D eigenvalue weighted by Crippen LogP contribution is -2.51. The van der Waals surface area contributed by atoms with Gasteiger partial charge in [0.1, 0.15) is 24.9 Å². The Morgan fingerprint density at radius 3 is 2.60 bits per heavy atom. The molecule has 0 aromatic heterocycles. The van der Waals surface area contributed by atoms with Gasteiger partial charge in [0.05, 0.1) is 11.0 Å². The number of para-hydroxylation sites is 1. The maximum atomic E-state index is 12.7. The van der Waals surface area contributed by atoms with Gasteiger partial charge in [-0.1, -0.05) is 36.9 Å². The minimum Gasteiger partial charge on any atom is -0.868 e. The predicted molar refractivity (Wildman–Crippen MR) is 102 cm³/mol. The molecule has 1 saturated heterocycles. The van der Waals surface area contributed by atoms with Crippen molar-refractivity contribution in [2.24, 2.45) is 5.92 Å². The molecule has 0 unspecified atom stereocenters. The van der Waals surface area contributed by atoms with Crippen LogP contribution in [0.15, 0.2) is 60.8 Å². The number of amides is 2. The highest BCUT2D eigenvalue weighted by Gasteiger charge is 2.39. The van der Waals surface area contributed by atoms with Crippen molar-refractivity contribution in [2.75, 3.05) is 13.2 Å². The summed E-state index contributed by atoms with van der Waals surface area (Å²) >= 11 is 0. The molecule has 0 spiro atoms. The number of nitrogens with one attached hydrogen (secondary N) is 2. The van der Waals surface area contributed by atoms with E-state index in [-0.39, 0.29) is 24.5 Å². The minimum absolute atomic E-state index is 0.0577. The number of nitro benzene ring substituents is 1. The number of urea groups is 1. The van der Waals surface area contributed by atoms with E-state index in [0.717, 1.165) is 12.1 Å². The molecule has 1 heterocycles. The minimum atomic E-state index is -1.06. The van der Waals surface area contributed by atoms with E-state index in [1.165, 1.54) is 6.07 Å². The lowest BCUT2D eigenvalue weighted by molar-refractivity contribution is -0.398. The predicted octanol–water partition coefficient (Wildman–Crippen LogP) is 1.77. The molecule has 0 radical (unpaired) electrons. The molecule has 1 aliphatic heterocycles. The third-order valence-corrected chi connectivity index (χ3v) is 4.40. The zero-order chi connectivity index (χ0) is 21.7. The second-order valence-electron chi connectivity index (χ2n) is 6.39. The van der Waals surface area contributed by atoms with Gasteiger partial charge in [-0.15, -0.1) is 0 Å². The molecule has 2 amide bonds. The molecule has 2 aromatic rings. The van der Waals surface area contributed by atoms with Crippen molar-refractivity contribution in [1.29, 1.82) is 0 Å². The van der Waals surface area contributed by atoms with Crippen molar-refractivity contribution in [3.8, 4) is 11.5 Å². The summed E-state index contributed by atoms with van der Waals surface area (Å²) in [7, 11) is 0. The number of carbonyl (C=O) groups excluding carboxylic acids is 2. The van der Waals surface area contributed by atoms with Gasteiger partial charge in [-0.25, -0.2) is 4.79 Å². The topological polar surface area (TPSA) is 143 Å². The third kappa shape index (κ3) is 4.66. The van der Waals surface area contributed by atoms with E-state index >= 15 is 0 Å². The van der Waals surface area contributed by atoms with Gasteiger partial charge >= 0.3 is 12.0 Å². The largest absolute Gasteiger partial charge is 0.868 e. The van der Waals surface area contributed by atoms with Crippen LogP contribution in [0.25, 0.3) is 0 Å². The number of nitrogens with zero attached hydrogens (tertiary/aromatic N) is 1. The standard InChI is InChI=1S/C20H19N3O7/c1-12-17(19(25)30-10-9-29-14-5-3-2-4-6-14)18(22-20(26)21-12)13-7-8-16(24)15(11-13)23(27)28/h2-8,11,17-18,24H,1,9-10H2,(H2,21,22,26)/p-1/t17-,18+/m0/s1. The molecule has 3 rings (SSSR count). The average Bonchev–Trinajstić information content (AvgIpc) is 2.71. The molecular formula is C20H18N3O7-. The number of benzene rings is 2. The van der Waals surface area contributed by atoms with Crippen LogP contribution in [0.4, 0.5) is 10.5 Å². The number of ether oxygens (including phenoxy) is 2. The van der Waals surface area contributed by atoms with Crippen molar-refractivity contribution in [3.05, 3.63) is 76.5 Å². The lowest BCUT2D eigenvalue weighted by Gasteiger charge is -2.33. The maximum absolute atomic E-state index is 12.7. The van der Waals surface area contributed by atoms with Gasteiger partial charge in [0.15, 0.2) is 0 Å². The van der Waals surface area contributed by atoms with Gasteiger partial charge in [-0.05, 0) is 23.4 Å². The number of rotatable bonds is 7. The molecule has 10 nitrogen and oxygen atoms in total. The van der Waals surface area contributed by atoms with Crippen LogP contribution in [0.5, 0.6) is 11.5 Å². The van der Waals surface area contributed by atoms with E-state index < -0.39 is 40.3 Å². The van der Waals surface area contributed by atoms with Crippen LogP contribution < -0.4 is 20.5 Å². The Balaban J connectivity index is 1.72. The highest BCUT2D eigenvalue weighted by Crippen LogP contribution is 2.34. The summed E-state index contributed by atoms with van der Waals surface area (Å²) in [5.74, 6) is -1.92. The summed E-state index contributed by atoms with van der Waals surface area (Å²) < 4.78 is 10.7. The zero-order valence-electron chi connectivity index (χ0n) is 15.7. The Morgan fingerprint density at radius 2 is 1.90 bits per heavy atom. The first-order valence-electron chi connectivity index (χ1n) is 8.93. The fourth-order valence-corrected chi connectivity index (χ4v) is 3.02. The van der Waals surface area contributed by atoms with Crippen LogP contribution in [0, 0.1) is 16.0 Å². The van der Waals surface area contributed by atoms with Crippen LogP contribution in [-0.4, -0.2) is 30.1 Å². The van der Waals surface area contributed by atoms with Crippen LogP contribution in [0.3, 0.4) is 0 Å². The van der Waals surface area contributed by atoms with E-state index in [1.54, 1.807) is 24.3 Å². The zero-order valence-corrected chi connectivity index (χ0v) is 15.7. The molecule has 2 N–H and O–H groups in total. The third-order valence-electron chi connectivity index (χ3n) is 4.40. The van der Waals surface area contributed by atoms with Crippen molar-refractivity contribution in [2.45, 2.75) is 6.04 Å². The smallest absolute Gasteiger partial charge is 0.319 e. The Bertz CT molecular complexity index is 978. The summed E-state index contributed by atoms with van der Waals surface area (Å²) in [5, 5.41) is 27.7. The maximum Gasteiger partial charge on any atom is 0.319 e. The normalized spacial score (nSPS) is 18.1. The van der Waals surface area contributed by atoms with Crippen LogP contribution in [0.2, 0.25) is 0 Å². The molecule has 0 saturated carbocycles. The first kappa shape index (κ1) is 20.6. The van der Waals surface area contributed by atoms with Crippen LogP contribution >= 0.6 is 0 Å². The molecular weight excluding hydrogens is 394 g/mol. The molecule has 0 aliphatic carbocycles. The van der Waals surface area contributed by atoms with E-state index in [0.29, 0.717) is 5.75 Å². The summed E-state index contributed by atoms with van der Waals surface area (Å²) in [6, 6.07) is 10.7. The van der Waals surface area contributed by atoms with Crippen molar-refractivity contribution in [3.63, 3.8) is 0 Å². The number of hydrogen-bond donors (Lipinski definition) is 2. The average molecular weight is 412 g/mol.